The van der Waals surface area contributed by atoms with Crippen molar-refractivity contribution in [2.45, 2.75) is 153 Å². The Morgan fingerprint density at radius 3 is 2.00 bits per heavy atom. The highest BCUT2D eigenvalue weighted by Gasteiger charge is 2.47. The van der Waals surface area contributed by atoms with Crippen LogP contribution in [-0.2, 0) is 19.0 Å². The summed E-state index contributed by atoms with van der Waals surface area (Å²) in [5, 5.41) is 1.53. The van der Waals surface area contributed by atoms with Crippen LogP contribution in [-0.4, -0.2) is 11.7 Å². The average molecular weight is 718 g/mol. The van der Waals surface area contributed by atoms with E-state index in [1.54, 1.807) is 16.7 Å². The molecule has 0 spiro atoms. The summed E-state index contributed by atoms with van der Waals surface area (Å²) in [6.07, 6.45) is 10.2. The molecule has 52 heavy (non-hydrogen) atoms. The van der Waals surface area contributed by atoms with E-state index in [2.05, 4.69) is 164 Å². The quantitative estimate of drug-likeness (QED) is 0.268. The van der Waals surface area contributed by atoms with E-state index < -0.39 is 13.5 Å². The minimum absolute atomic E-state index is 0.0933. The Hall–Kier alpha value is -2.47. The molecule has 0 aromatic heterocycles. The van der Waals surface area contributed by atoms with Gasteiger partial charge in [0.05, 0.1) is 0 Å². The van der Waals surface area contributed by atoms with Crippen LogP contribution in [0.5, 0.6) is 0 Å². The van der Waals surface area contributed by atoms with E-state index in [9.17, 15) is 0 Å². The smallest absolute Gasteiger partial charge is 0.0247 e. The molecule has 4 aliphatic heterocycles. The van der Waals surface area contributed by atoms with Crippen molar-refractivity contribution in [2.24, 2.45) is 27.9 Å². The van der Waals surface area contributed by atoms with Crippen LogP contribution in [0.4, 0.5) is 0 Å². The van der Waals surface area contributed by atoms with Gasteiger partial charge < -0.3 is 5.73 Å². The predicted molar refractivity (Wildman–Crippen MR) is 232 cm³/mol. The molecule has 0 saturated heterocycles. The van der Waals surface area contributed by atoms with Gasteiger partial charge in [0.2, 0.25) is 0 Å². The maximum absolute atomic E-state index is 7.73. The second-order valence-corrected chi connectivity index (χ2v) is 22.5. The molecule has 0 fully saturated rings. The van der Waals surface area contributed by atoms with Gasteiger partial charge in [-0.1, -0.05) is 154 Å². The van der Waals surface area contributed by atoms with Gasteiger partial charge in [-0.3, -0.25) is 0 Å². The molecule has 2 heteroatoms. The summed E-state index contributed by atoms with van der Waals surface area (Å²) < 4.78 is 0. The first-order valence-electron chi connectivity index (χ1n) is 20.2. The zero-order valence-corrected chi connectivity index (χ0v) is 36.5. The van der Waals surface area contributed by atoms with E-state index in [4.69, 9.17) is 5.73 Å². The molecule has 5 unspecified atom stereocenters. The topological polar surface area (TPSA) is 26.0 Å². The van der Waals surface area contributed by atoms with Gasteiger partial charge in [0, 0.05) is 11.5 Å². The first-order chi connectivity index (χ1) is 24.1. The Balaban J connectivity index is 1.69. The highest BCUT2D eigenvalue weighted by atomic mass is 31.1. The van der Waals surface area contributed by atoms with Gasteiger partial charge in [-0.25, -0.2) is 0 Å². The van der Waals surface area contributed by atoms with Crippen molar-refractivity contribution in [3.8, 4) is 0 Å². The van der Waals surface area contributed by atoms with Gasteiger partial charge in [0.1, 0.15) is 0 Å². The number of hydrogen-bond acceptors (Lipinski definition) is 1. The maximum atomic E-state index is 7.73. The molecular weight excluding hydrogens is 646 g/mol. The molecule has 5 aliphatic rings. The molecule has 3 aromatic rings. The van der Waals surface area contributed by atoms with Crippen molar-refractivity contribution >= 4 is 13.2 Å². The van der Waals surface area contributed by atoms with Crippen LogP contribution in [0.2, 0.25) is 0 Å². The first kappa shape index (κ1) is 40.7. The van der Waals surface area contributed by atoms with Crippen LogP contribution in [0.15, 0.2) is 83.5 Å². The molecule has 8 rings (SSSR count). The highest BCUT2D eigenvalue weighted by Crippen LogP contribution is 2.53. The van der Waals surface area contributed by atoms with E-state index in [1.807, 2.05) is 0 Å². The van der Waals surface area contributed by atoms with Crippen molar-refractivity contribution in [1.29, 1.82) is 0 Å². The summed E-state index contributed by atoms with van der Waals surface area (Å²) in [5.74, 6) is 1.25. The molecule has 4 heterocycles. The Bertz CT molecular complexity index is 1770. The van der Waals surface area contributed by atoms with E-state index >= 15 is 0 Å². The van der Waals surface area contributed by atoms with Crippen molar-refractivity contribution in [3.05, 3.63) is 122 Å². The van der Waals surface area contributed by atoms with E-state index in [0.717, 1.165) is 38.0 Å². The molecule has 3 aromatic carbocycles. The monoisotopic (exact) mass is 718 g/mol. The first-order valence-corrected chi connectivity index (χ1v) is 22.0. The van der Waals surface area contributed by atoms with Crippen LogP contribution in [0.3, 0.4) is 0 Å². The summed E-state index contributed by atoms with van der Waals surface area (Å²) in [4.78, 5) is 0. The molecule has 0 saturated carbocycles. The number of aryl methyl sites for hydroxylation is 4. The van der Waals surface area contributed by atoms with E-state index in [-0.39, 0.29) is 22.2 Å². The second kappa shape index (κ2) is 15.3. The number of allylic oxidation sites excluding steroid dienone is 4. The van der Waals surface area contributed by atoms with E-state index in [0.29, 0.717) is 11.8 Å². The van der Waals surface area contributed by atoms with Crippen molar-refractivity contribution in [1.82, 2.24) is 0 Å². The van der Waals surface area contributed by atoms with Gasteiger partial charge >= 0.3 is 0 Å². The fraction of sp³-hybridized carbons (Fsp3) is 0.560. The lowest BCUT2D eigenvalue weighted by molar-refractivity contribution is 0.0869. The van der Waals surface area contributed by atoms with Gasteiger partial charge in [-0.2, -0.15) is 0 Å². The lowest BCUT2D eigenvalue weighted by atomic mass is 9.57. The third-order valence-electron chi connectivity index (χ3n) is 13.0. The Kier molecular flexibility index (Phi) is 12.0. The molecule has 1 nitrogen and oxygen atoms in total. The van der Waals surface area contributed by atoms with Gasteiger partial charge in [0.25, 0.3) is 0 Å². The molecule has 5 atom stereocenters. The summed E-state index contributed by atoms with van der Waals surface area (Å²) >= 11 is 0. The maximum Gasteiger partial charge on any atom is 0.0247 e. The van der Waals surface area contributed by atoms with Crippen molar-refractivity contribution in [3.63, 3.8) is 0 Å². The zero-order valence-electron chi connectivity index (χ0n) is 35.6. The normalized spacial score (nSPS) is 26.0. The van der Waals surface area contributed by atoms with Crippen LogP contribution >= 0.6 is 7.92 Å². The minimum Gasteiger partial charge on any atom is -0.324 e. The van der Waals surface area contributed by atoms with Gasteiger partial charge in [-0.15, -0.1) is 0 Å². The molecule has 0 radical (unpaired) electrons. The van der Waals surface area contributed by atoms with Gasteiger partial charge in [-0.05, 0) is 151 Å². The minimum atomic E-state index is -0.464. The molecule has 1 aliphatic carbocycles. The molecule has 2 N–H and O–H groups in total. The summed E-state index contributed by atoms with van der Waals surface area (Å²) in [5.41, 5.74) is 22.4. The molecule has 282 valence electrons. The average Bonchev–Trinajstić information content (AvgIpc) is 3.02. The fourth-order valence-corrected chi connectivity index (χ4v) is 12.3. The van der Waals surface area contributed by atoms with Crippen LogP contribution in [0.25, 0.3) is 0 Å². The van der Waals surface area contributed by atoms with Crippen molar-refractivity contribution < 1.29 is 0 Å². The Morgan fingerprint density at radius 1 is 0.808 bits per heavy atom. The van der Waals surface area contributed by atoms with Crippen LogP contribution in [0, 0.1) is 36.0 Å². The Labute approximate surface area is 321 Å². The third-order valence-corrected chi connectivity index (χ3v) is 15.5. The van der Waals surface area contributed by atoms with Crippen LogP contribution < -0.4 is 11.0 Å². The van der Waals surface area contributed by atoms with Gasteiger partial charge in [0.15, 0.2) is 0 Å². The van der Waals surface area contributed by atoms with E-state index in [1.165, 1.54) is 50.7 Å². The van der Waals surface area contributed by atoms with Crippen LogP contribution in [0.1, 0.15) is 153 Å². The molecule has 0 amide bonds. The summed E-state index contributed by atoms with van der Waals surface area (Å²) in [6.45, 7) is 33.4. The molecular formula is C50H72NP. The van der Waals surface area contributed by atoms with Crippen molar-refractivity contribution in [2.75, 3.05) is 6.16 Å². The SMILES string of the molecule is CC1=CC(C)CC(C)=C1CP1Cc2c(C)cc(C)cc2CCc2ccc(cc2)C(CC(C)(C)C)C(C)(N)C(C)(C)CC(C(C)(C)C)c2ccc1cc2. The number of hydrogen-bond donors (Lipinski definition) is 1. The largest absolute Gasteiger partial charge is 0.324 e. The molecule has 4 bridgehead atoms. The predicted octanol–water partition coefficient (Wildman–Crippen LogP) is 13.5. The second-order valence-electron chi connectivity index (χ2n) is 20.3. The zero-order chi connectivity index (χ0) is 38.4. The fourth-order valence-electron chi connectivity index (χ4n) is 9.47. The highest BCUT2D eigenvalue weighted by molar-refractivity contribution is 7.65. The number of benzene rings is 3. The number of rotatable bonds is 3. The lowest BCUT2D eigenvalue weighted by Gasteiger charge is -2.51. The standard InChI is InChI=1S/C50H72NP/c1-33-25-35(3)43(36(4)26-33)31-52-32-44-37(5)27-34(2)28-41(44)20-17-38-15-18-40(19-16-38)46(29-47(6,7)8)50(14,51)49(12,13)30-45(48(9,10)11)39-21-23-42(52)24-22-39/h15-16,18-19,21-25,27-28,33,45-46H,17,20,26,29-32,51H2,1-14H3. The Morgan fingerprint density at radius 2 is 1.42 bits per heavy atom. The number of nitrogens with two attached hydrogens (primary N) is 1. The summed E-state index contributed by atoms with van der Waals surface area (Å²) in [7, 11) is -0.464. The third kappa shape index (κ3) is 9.24. The lowest BCUT2D eigenvalue weighted by Crippen LogP contribution is -2.56. The summed E-state index contributed by atoms with van der Waals surface area (Å²) in [6, 6.07) is 24.6.